The molecule has 2 rings (SSSR count). The van der Waals surface area contributed by atoms with Crippen molar-refractivity contribution in [3.8, 4) is 0 Å². The van der Waals surface area contributed by atoms with E-state index in [1.807, 2.05) is 0 Å². The Morgan fingerprint density at radius 2 is 1.75 bits per heavy atom. The van der Waals surface area contributed by atoms with Crippen LogP contribution in [0.5, 0.6) is 0 Å². The summed E-state index contributed by atoms with van der Waals surface area (Å²) in [7, 11) is -5.49. The number of rotatable bonds is 7. The van der Waals surface area contributed by atoms with E-state index in [0.717, 1.165) is 0 Å². The maximum absolute atomic E-state index is 13.6. The first-order valence-corrected chi connectivity index (χ1v) is 15.2. The normalized spacial score (nSPS) is 33.7. The Bertz CT molecular complexity index is 570. The number of hydrogen-bond acceptors (Lipinski definition) is 8. The zero-order valence-electron chi connectivity index (χ0n) is 14.9. The van der Waals surface area contributed by atoms with E-state index >= 15 is 0 Å². The summed E-state index contributed by atoms with van der Waals surface area (Å²) in [5, 5.41) is 0. The molecule has 0 spiro atoms. The van der Waals surface area contributed by atoms with Crippen LogP contribution in [0.15, 0.2) is 0 Å². The van der Waals surface area contributed by atoms with Crippen molar-refractivity contribution in [1.29, 1.82) is 0 Å². The molecule has 0 aliphatic carbocycles. The van der Waals surface area contributed by atoms with Crippen molar-refractivity contribution in [2.45, 2.75) is 42.2 Å². The third-order valence-corrected chi connectivity index (χ3v) is 16.0. The first-order chi connectivity index (χ1) is 11.1. The van der Waals surface area contributed by atoms with Crippen molar-refractivity contribution in [1.82, 2.24) is 0 Å². The van der Waals surface area contributed by atoms with Crippen LogP contribution in [0.25, 0.3) is 0 Å². The van der Waals surface area contributed by atoms with Gasteiger partial charge in [0.15, 0.2) is 3.82 Å². The van der Waals surface area contributed by atoms with Gasteiger partial charge in [0.25, 0.3) is 0 Å². The number of thioether (sulfide) groups is 2. The van der Waals surface area contributed by atoms with Gasteiger partial charge in [-0.1, -0.05) is 19.6 Å². The highest BCUT2D eigenvalue weighted by atomic mass is 32.2. The van der Waals surface area contributed by atoms with Crippen LogP contribution < -0.4 is 0 Å². The molecule has 4 atom stereocenters. The minimum Gasteiger partial charge on any atom is -0.393 e. The molecule has 2 aliphatic rings. The maximum atomic E-state index is 13.6. The van der Waals surface area contributed by atoms with E-state index in [1.54, 1.807) is 20.1 Å². The second-order valence-corrected chi connectivity index (χ2v) is 18.1. The Kier molecular flexibility index (Phi) is 6.05. The number of esters is 2. The maximum Gasteiger partial charge on any atom is 0.357 e. The molecular weight excluding hydrogens is 387 g/mol. The molecule has 138 valence electrons. The van der Waals surface area contributed by atoms with E-state index in [9.17, 15) is 14.2 Å². The van der Waals surface area contributed by atoms with Gasteiger partial charge in [0, 0.05) is 4.87 Å². The molecule has 0 aromatic rings. The van der Waals surface area contributed by atoms with Crippen LogP contribution in [-0.4, -0.2) is 48.2 Å². The molecule has 10 heteroatoms. The lowest BCUT2D eigenvalue weighted by Crippen LogP contribution is -2.41. The molecule has 0 N–H and O–H groups in total. The van der Waals surface area contributed by atoms with Crippen molar-refractivity contribution in [2.75, 3.05) is 19.5 Å². The zero-order chi connectivity index (χ0) is 18.3. The molecule has 0 bridgehead atoms. The highest BCUT2D eigenvalue weighted by Crippen LogP contribution is 2.78. The van der Waals surface area contributed by atoms with Gasteiger partial charge in [0.1, 0.15) is 5.92 Å². The lowest BCUT2D eigenvalue weighted by Gasteiger charge is -2.37. The number of carbonyl (C=O) groups is 2. The Balaban J connectivity index is 2.62. The van der Waals surface area contributed by atoms with E-state index in [2.05, 4.69) is 19.6 Å². The van der Waals surface area contributed by atoms with Crippen molar-refractivity contribution >= 4 is 51.1 Å². The van der Waals surface area contributed by atoms with Crippen LogP contribution >= 0.6 is 31.1 Å². The van der Waals surface area contributed by atoms with Crippen molar-refractivity contribution in [3.05, 3.63) is 0 Å². The predicted octanol–water partition coefficient (Wildman–Crippen LogP) is 3.58. The molecule has 2 saturated heterocycles. The number of cyclic esters (lactones) is 2. The Morgan fingerprint density at radius 3 is 2.17 bits per heavy atom. The van der Waals surface area contributed by atoms with Gasteiger partial charge < -0.3 is 13.8 Å². The monoisotopic (exact) mass is 412 g/mol. The number of fused-ring (bicyclic) bond motifs is 1. The fraction of sp³-hybridized carbons (Fsp3) is 0.857. The minimum atomic E-state index is -3.64. The minimum absolute atomic E-state index is 0.0804. The van der Waals surface area contributed by atoms with Crippen molar-refractivity contribution in [3.63, 3.8) is 0 Å². The van der Waals surface area contributed by atoms with Crippen molar-refractivity contribution < 1.29 is 27.9 Å². The summed E-state index contributed by atoms with van der Waals surface area (Å²) in [4.78, 5) is 24.8. The van der Waals surface area contributed by atoms with Gasteiger partial charge >= 0.3 is 19.5 Å². The molecule has 2 fully saturated rings. The topological polar surface area (TPSA) is 78.9 Å². The van der Waals surface area contributed by atoms with E-state index in [-0.39, 0.29) is 18.1 Å². The van der Waals surface area contributed by atoms with Crippen LogP contribution in [0.1, 0.15) is 13.8 Å². The number of carbonyl (C=O) groups excluding carboxylic acids is 2. The van der Waals surface area contributed by atoms with Gasteiger partial charge in [0.05, 0.1) is 27.2 Å². The second-order valence-electron chi connectivity index (χ2n) is 6.82. The van der Waals surface area contributed by atoms with Gasteiger partial charge in [-0.2, -0.15) is 0 Å². The molecule has 0 unspecified atom stereocenters. The van der Waals surface area contributed by atoms with E-state index in [0.29, 0.717) is 0 Å². The third-order valence-electron chi connectivity index (χ3n) is 4.23. The molecule has 0 aromatic carbocycles. The highest BCUT2D eigenvalue weighted by molar-refractivity contribution is 8.26. The molecule has 0 saturated carbocycles. The van der Waals surface area contributed by atoms with E-state index in [1.165, 1.54) is 23.5 Å². The number of hydrogen-bond donors (Lipinski definition) is 0. The molecule has 6 nitrogen and oxygen atoms in total. The predicted molar refractivity (Wildman–Crippen MR) is 99.9 cm³/mol. The van der Waals surface area contributed by atoms with E-state index < -0.39 is 43.3 Å². The largest absolute Gasteiger partial charge is 0.393 e. The van der Waals surface area contributed by atoms with Gasteiger partial charge in [-0.3, -0.25) is 14.2 Å². The Hall–Kier alpha value is 0.207. The first kappa shape index (κ1) is 20.5. The van der Waals surface area contributed by atoms with Crippen LogP contribution in [0.3, 0.4) is 0 Å². The summed E-state index contributed by atoms with van der Waals surface area (Å²) in [5.74, 6) is -2.48. The Labute approximate surface area is 152 Å². The first-order valence-electron chi connectivity index (χ1n) is 7.95. The lowest BCUT2D eigenvalue weighted by molar-refractivity contribution is -0.153. The van der Waals surface area contributed by atoms with Gasteiger partial charge in [-0.05, 0) is 20.1 Å². The molecule has 2 heterocycles. The smallest absolute Gasteiger partial charge is 0.357 e. The average Bonchev–Trinajstić information content (AvgIpc) is 2.97. The summed E-state index contributed by atoms with van der Waals surface area (Å²) in [5.41, 5.74) is 0. The fourth-order valence-electron chi connectivity index (χ4n) is 3.31. The van der Waals surface area contributed by atoms with Crippen LogP contribution in [-0.2, 0) is 27.9 Å². The molecule has 0 amide bonds. The van der Waals surface area contributed by atoms with Crippen LogP contribution in [0.4, 0.5) is 0 Å². The third kappa shape index (κ3) is 3.05. The highest BCUT2D eigenvalue weighted by Gasteiger charge is 2.74. The lowest BCUT2D eigenvalue weighted by atomic mass is 9.98. The SMILES string of the molecule is CCOP(=O)(OCC)[C@@]1(SC)S[C@@H]([Si](C)(C)C)[C@H]2C(=O)OC(=O)[C@H]21. The standard InChI is InChI=1S/C14H25O6PS2Si/c1-7-18-21(17,19-8-2)14(22-3)10-9(11(15)20-12(10)16)13(23-14)24(4,5)6/h9-10,13H,7-8H2,1-6H3/t9-,10+,13+,14+/m1/s1. The summed E-state index contributed by atoms with van der Waals surface area (Å²) in [6.45, 7) is 10.3. The van der Waals surface area contributed by atoms with Crippen LogP contribution in [0, 0.1) is 11.8 Å². The molecule has 0 aromatic heterocycles. The van der Waals surface area contributed by atoms with Gasteiger partial charge in [-0.15, -0.1) is 23.5 Å². The molecule has 0 radical (unpaired) electrons. The summed E-state index contributed by atoms with van der Waals surface area (Å²) < 4.78 is 28.6. The fourth-order valence-corrected chi connectivity index (χ4v) is 13.7. The number of ether oxygens (including phenoxy) is 1. The Morgan fingerprint density at radius 1 is 1.21 bits per heavy atom. The molecule has 2 aliphatic heterocycles. The van der Waals surface area contributed by atoms with Gasteiger partial charge in [-0.25, -0.2) is 0 Å². The molecular formula is C14H25O6PS2Si. The second kappa shape index (κ2) is 7.08. The zero-order valence-corrected chi connectivity index (χ0v) is 18.4. The van der Waals surface area contributed by atoms with E-state index in [4.69, 9.17) is 13.8 Å². The van der Waals surface area contributed by atoms with Crippen LogP contribution in [0.2, 0.25) is 19.6 Å². The van der Waals surface area contributed by atoms with Gasteiger partial charge in [0.2, 0.25) is 0 Å². The summed E-state index contributed by atoms with van der Waals surface area (Å²) in [6, 6.07) is 0. The summed E-state index contributed by atoms with van der Waals surface area (Å²) in [6.07, 6.45) is 1.79. The average molecular weight is 413 g/mol. The van der Waals surface area contributed by atoms with Crippen molar-refractivity contribution in [2.24, 2.45) is 11.8 Å². The summed E-state index contributed by atoms with van der Waals surface area (Å²) >= 11 is 2.73. The molecule has 24 heavy (non-hydrogen) atoms. The quantitative estimate of drug-likeness (QED) is 0.272.